The van der Waals surface area contributed by atoms with Crippen molar-refractivity contribution in [2.24, 2.45) is 0 Å². The van der Waals surface area contributed by atoms with Crippen LogP contribution in [0.25, 0.3) is 33.4 Å². The third-order valence-corrected chi connectivity index (χ3v) is 6.59. The summed E-state index contributed by atoms with van der Waals surface area (Å²) in [6.07, 6.45) is 6.50. The lowest BCUT2D eigenvalue weighted by atomic mass is 10.1. The van der Waals surface area contributed by atoms with Crippen LogP contribution in [0.15, 0.2) is 78.2 Å². The Morgan fingerprint density at radius 2 is 1.61 bits per heavy atom. The van der Waals surface area contributed by atoms with Crippen LogP contribution in [0.2, 0.25) is 5.15 Å². The highest BCUT2D eigenvalue weighted by Gasteiger charge is 2.18. The molecule has 5 rings (SSSR count). The Kier molecular flexibility index (Phi) is 5.23. The van der Waals surface area contributed by atoms with Crippen LogP contribution in [0.5, 0.6) is 0 Å². The van der Waals surface area contributed by atoms with Crippen molar-refractivity contribution in [1.29, 1.82) is 0 Å². The van der Waals surface area contributed by atoms with Crippen LogP contribution in [-0.4, -0.2) is 33.6 Å². The Morgan fingerprint density at radius 3 is 2.36 bits per heavy atom. The minimum atomic E-state index is -4.00. The van der Waals surface area contributed by atoms with E-state index in [4.69, 9.17) is 11.6 Å². The molecule has 0 atom stereocenters. The quantitative estimate of drug-likeness (QED) is 0.353. The van der Waals surface area contributed by atoms with Gasteiger partial charge in [0.25, 0.3) is 10.0 Å². The lowest BCUT2D eigenvalue weighted by Crippen LogP contribution is -2.13. The van der Waals surface area contributed by atoms with E-state index >= 15 is 0 Å². The van der Waals surface area contributed by atoms with Crippen LogP contribution in [-0.2, 0) is 10.0 Å². The molecule has 2 N–H and O–H groups in total. The first-order valence-corrected chi connectivity index (χ1v) is 11.5. The molecule has 4 heterocycles. The minimum Gasteiger partial charge on any atom is -0.276 e. The molecule has 0 spiro atoms. The number of hydrogen-bond acceptors (Lipinski definition) is 6. The lowest BCUT2D eigenvalue weighted by molar-refractivity contribution is 0.599. The van der Waals surface area contributed by atoms with Gasteiger partial charge < -0.3 is 0 Å². The van der Waals surface area contributed by atoms with E-state index < -0.39 is 15.8 Å². The van der Waals surface area contributed by atoms with Crippen molar-refractivity contribution in [3.05, 3.63) is 84.3 Å². The molecule has 8 nitrogen and oxygen atoms in total. The number of aromatic nitrogens is 5. The molecule has 0 aliphatic carbocycles. The predicted octanol–water partition coefficient (Wildman–Crippen LogP) is 4.68. The van der Waals surface area contributed by atoms with Gasteiger partial charge in [-0.2, -0.15) is 5.10 Å². The number of fused-ring (bicyclic) bond motifs is 1. The predicted molar refractivity (Wildman–Crippen MR) is 123 cm³/mol. The van der Waals surface area contributed by atoms with Crippen molar-refractivity contribution in [3.63, 3.8) is 0 Å². The molecule has 5 aromatic rings. The summed E-state index contributed by atoms with van der Waals surface area (Å²) in [4.78, 5) is 12.5. The van der Waals surface area contributed by atoms with E-state index in [9.17, 15) is 12.8 Å². The van der Waals surface area contributed by atoms with Crippen molar-refractivity contribution in [2.45, 2.75) is 4.90 Å². The van der Waals surface area contributed by atoms with Crippen LogP contribution in [0.3, 0.4) is 0 Å². The summed E-state index contributed by atoms with van der Waals surface area (Å²) in [5, 5.41) is 8.00. The second-order valence-electron chi connectivity index (χ2n) is 7.05. The lowest BCUT2D eigenvalue weighted by Gasteiger charge is -2.11. The average molecular weight is 481 g/mol. The molecule has 0 saturated carbocycles. The Balaban J connectivity index is 1.53. The van der Waals surface area contributed by atoms with Gasteiger partial charge in [0.2, 0.25) is 0 Å². The van der Waals surface area contributed by atoms with E-state index in [1.165, 1.54) is 18.3 Å². The number of sulfonamides is 1. The molecule has 0 radical (unpaired) electrons. The molecule has 1 aromatic carbocycles. The summed E-state index contributed by atoms with van der Waals surface area (Å²) in [5.41, 5.74) is 3.54. The highest BCUT2D eigenvalue weighted by atomic mass is 35.5. The van der Waals surface area contributed by atoms with Crippen molar-refractivity contribution in [2.75, 3.05) is 4.72 Å². The van der Waals surface area contributed by atoms with Gasteiger partial charge in [0.05, 0.1) is 10.6 Å². The molecule has 164 valence electrons. The third kappa shape index (κ3) is 4.13. The Hall–Kier alpha value is -3.89. The van der Waals surface area contributed by atoms with Crippen LogP contribution < -0.4 is 4.72 Å². The van der Waals surface area contributed by atoms with Crippen LogP contribution in [0.1, 0.15) is 0 Å². The topological polar surface area (TPSA) is 114 Å². The van der Waals surface area contributed by atoms with Gasteiger partial charge in [-0.25, -0.2) is 22.8 Å². The first-order valence-electron chi connectivity index (χ1n) is 9.59. The molecule has 0 fully saturated rings. The molecule has 0 aliphatic rings. The largest absolute Gasteiger partial charge is 0.276 e. The van der Waals surface area contributed by atoms with Gasteiger partial charge >= 0.3 is 0 Å². The molecule has 0 aliphatic heterocycles. The molecule has 0 saturated heterocycles. The fraction of sp³-hybridized carbons (Fsp3) is 0. The Labute approximate surface area is 192 Å². The highest BCUT2D eigenvalue weighted by molar-refractivity contribution is 7.92. The average Bonchev–Trinajstić information content (AvgIpc) is 3.24. The zero-order chi connectivity index (χ0) is 23.0. The number of anilines is 1. The maximum absolute atomic E-state index is 13.2. The zero-order valence-corrected chi connectivity index (χ0v) is 18.3. The van der Waals surface area contributed by atoms with Gasteiger partial charge in [0, 0.05) is 46.9 Å². The molecule has 0 amide bonds. The summed E-state index contributed by atoms with van der Waals surface area (Å²) in [7, 11) is -4.00. The normalized spacial score (nSPS) is 11.6. The van der Waals surface area contributed by atoms with Crippen molar-refractivity contribution >= 4 is 38.3 Å². The highest BCUT2D eigenvalue weighted by Crippen LogP contribution is 2.32. The van der Waals surface area contributed by atoms with E-state index in [2.05, 4.69) is 29.9 Å². The zero-order valence-electron chi connectivity index (χ0n) is 16.7. The number of nitrogens with one attached hydrogen (secondary N) is 2. The standard InChI is InChI=1S/C22H14ClFN6O2S/c23-21-19(30-33(31,32)17-3-1-16(24)2-4-17)10-15(11-26-21)14-9-18-20(13-5-7-25-8-6-13)28-29-22(18)27-12-14/h1-12,30H,(H,27,28,29). The summed E-state index contributed by atoms with van der Waals surface area (Å²) >= 11 is 6.15. The fourth-order valence-electron chi connectivity index (χ4n) is 3.29. The van der Waals surface area contributed by atoms with Gasteiger partial charge in [-0.05, 0) is 48.5 Å². The number of pyridine rings is 3. The first-order chi connectivity index (χ1) is 15.9. The van der Waals surface area contributed by atoms with Gasteiger partial charge in [0.15, 0.2) is 10.8 Å². The number of hydrogen-bond donors (Lipinski definition) is 2. The minimum absolute atomic E-state index is 0.0285. The molecule has 11 heteroatoms. The number of benzene rings is 1. The number of rotatable bonds is 5. The molecule has 33 heavy (non-hydrogen) atoms. The summed E-state index contributed by atoms with van der Waals surface area (Å²) in [6, 6.07) is 11.6. The smallest absolute Gasteiger partial charge is 0.261 e. The maximum atomic E-state index is 13.2. The molecular formula is C22H14ClFN6O2S. The number of aromatic amines is 1. The third-order valence-electron chi connectivity index (χ3n) is 4.91. The molecular weight excluding hydrogens is 467 g/mol. The second kappa shape index (κ2) is 8.23. The number of nitrogens with zero attached hydrogens (tertiary/aromatic N) is 4. The summed E-state index contributed by atoms with van der Waals surface area (Å²) < 4.78 is 41.0. The number of H-pyrrole nitrogens is 1. The SMILES string of the molecule is O=S(=O)(Nc1cc(-c2cnc3[nH]nc(-c4ccncc4)c3c2)cnc1Cl)c1ccc(F)cc1. The van der Waals surface area contributed by atoms with E-state index in [1.54, 1.807) is 24.7 Å². The molecule has 0 bridgehead atoms. The van der Waals surface area contributed by atoms with E-state index in [0.29, 0.717) is 22.5 Å². The first kappa shape index (κ1) is 21.0. The monoisotopic (exact) mass is 480 g/mol. The van der Waals surface area contributed by atoms with Gasteiger partial charge in [-0.15, -0.1) is 0 Å². The maximum Gasteiger partial charge on any atom is 0.261 e. The van der Waals surface area contributed by atoms with Crippen molar-refractivity contribution in [1.82, 2.24) is 25.1 Å². The van der Waals surface area contributed by atoms with Crippen LogP contribution in [0.4, 0.5) is 10.1 Å². The Morgan fingerprint density at radius 1 is 0.909 bits per heavy atom. The van der Waals surface area contributed by atoms with E-state index in [0.717, 1.165) is 23.1 Å². The van der Waals surface area contributed by atoms with Gasteiger partial charge in [0.1, 0.15) is 11.5 Å². The summed E-state index contributed by atoms with van der Waals surface area (Å²) in [5.74, 6) is -0.538. The summed E-state index contributed by atoms with van der Waals surface area (Å²) in [6.45, 7) is 0. The van der Waals surface area contributed by atoms with Gasteiger partial charge in [-0.3, -0.25) is 14.8 Å². The van der Waals surface area contributed by atoms with Crippen LogP contribution in [0, 0.1) is 5.82 Å². The van der Waals surface area contributed by atoms with Gasteiger partial charge in [-0.1, -0.05) is 11.6 Å². The molecule has 4 aromatic heterocycles. The number of halogens is 2. The van der Waals surface area contributed by atoms with Crippen LogP contribution >= 0.6 is 11.6 Å². The fourth-order valence-corrected chi connectivity index (χ4v) is 4.55. The Bertz CT molecular complexity index is 1570. The van der Waals surface area contributed by atoms with Crippen molar-refractivity contribution < 1.29 is 12.8 Å². The molecule has 0 unspecified atom stereocenters. The second-order valence-corrected chi connectivity index (χ2v) is 9.09. The van der Waals surface area contributed by atoms with E-state index in [1.807, 2.05) is 18.2 Å². The van der Waals surface area contributed by atoms with E-state index in [-0.39, 0.29) is 15.7 Å². The van der Waals surface area contributed by atoms with Crippen molar-refractivity contribution in [3.8, 4) is 22.4 Å².